The maximum absolute atomic E-state index is 5.40. The van der Waals surface area contributed by atoms with Crippen molar-refractivity contribution in [1.29, 1.82) is 0 Å². The molecule has 0 spiro atoms. The van der Waals surface area contributed by atoms with E-state index in [2.05, 4.69) is 34.6 Å². The minimum absolute atomic E-state index is 0.780. The normalized spacial score (nSPS) is 14.7. The van der Waals surface area contributed by atoms with Crippen molar-refractivity contribution in [3.8, 4) is 5.88 Å². The van der Waals surface area contributed by atoms with Crippen molar-refractivity contribution in [1.82, 2.24) is 9.78 Å². The summed E-state index contributed by atoms with van der Waals surface area (Å²) >= 11 is 2.29. The van der Waals surface area contributed by atoms with Gasteiger partial charge >= 0.3 is 0 Å². The van der Waals surface area contributed by atoms with E-state index in [1.807, 2.05) is 4.68 Å². The Hall–Kier alpha value is -0.260. The van der Waals surface area contributed by atoms with Gasteiger partial charge in [0.15, 0.2) is 0 Å². The summed E-state index contributed by atoms with van der Waals surface area (Å²) in [6.45, 7) is 3.80. The lowest BCUT2D eigenvalue weighted by Crippen LogP contribution is -1.97. The van der Waals surface area contributed by atoms with Crippen LogP contribution in [-0.2, 0) is 13.0 Å². The van der Waals surface area contributed by atoms with Gasteiger partial charge in [0.25, 0.3) is 0 Å². The molecule has 0 aromatic carbocycles. The molecule has 11 heavy (non-hydrogen) atoms. The zero-order valence-electron chi connectivity index (χ0n) is 6.30. The van der Waals surface area contributed by atoms with Gasteiger partial charge in [0.05, 0.1) is 15.8 Å². The number of hydrogen-bond acceptors (Lipinski definition) is 2. The van der Waals surface area contributed by atoms with E-state index in [1.165, 1.54) is 3.57 Å². The number of nitrogens with zero attached hydrogens (tertiary/aromatic N) is 2. The molecule has 0 amide bonds. The van der Waals surface area contributed by atoms with Crippen LogP contribution in [0.4, 0.5) is 0 Å². The van der Waals surface area contributed by atoms with E-state index < -0.39 is 0 Å². The third-order valence-electron chi connectivity index (χ3n) is 1.79. The Morgan fingerprint density at radius 1 is 1.73 bits per heavy atom. The molecule has 0 radical (unpaired) electrons. The summed E-state index contributed by atoms with van der Waals surface area (Å²) in [5.41, 5.74) is 1.15. The number of halogens is 1. The first kappa shape index (κ1) is 7.39. The highest BCUT2D eigenvalue weighted by molar-refractivity contribution is 14.1. The first-order valence-electron chi connectivity index (χ1n) is 3.71. The molecule has 1 aromatic heterocycles. The summed E-state index contributed by atoms with van der Waals surface area (Å²) < 4.78 is 8.53. The molecule has 0 fully saturated rings. The van der Waals surface area contributed by atoms with Gasteiger partial charge in [0.2, 0.25) is 5.88 Å². The molecule has 0 bridgehead atoms. The molecule has 1 aromatic rings. The maximum atomic E-state index is 5.40. The standard InChI is InChI=1S/C7H9IN2O/c1-2-5-6(8)7-10(9-5)3-4-11-7/h2-4H2,1H3. The Bertz CT molecular complexity index is 281. The molecule has 0 aliphatic carbocycles. The molecule has 60 valence electrons. The third kappa shape index (κ3) is 1.04. The predicted octanol–water partition coefficient (Wildman–Crippen LogP) is 1.44. The van der Waals surface area contributed by atoms with Gasteiger partial charge in [-0.3, -0.25) is 0 Å². The molecule has 0 unspecified atom stereocenters. The fourth-order valence-corrected chi connectivity index (χ4v) is 2.14. The summed E-state index contributed by atoms with van der Waals surface area (Å²) in [6.07, 6.45) is 0.988. The van der Waals surface area contributed by atoms with Crippen LogP contribution in [0.5, 0.6) is 5.88 Å². The fraction of sp³-hybridized carbons (Fsp3) is 0.571. The largest absolute Gasteiger partial charge is 0.475 e. The van der Waals surface area contributed by atoms with E-state index in [0.717, 1.165) is 31.1 Å². The third-order valence-corrected chi connectivity index (χ3v) is 2.88. The summed E-state index contributed by atoms with van der Waals surface area (Å²) in [6, 6.07) is 0. The lowest BCUT2D eigenvalue weighted by atomic mass is 10.3. The van der Waals surface area contributed by atoms with Crippen molar-refractivity contribution in [2.24, 2.45) is 0 Å². The van der Waals surface area contributed by atoms with E-state index in [-0.39, 0.29) is 0 Å². The van der Waals surface area contributed by atoms with E-state index in [0.29, 0.717) is 0 Å². The number of fused-ring (bicyclic) bond motifs is 1. The highest BCUT2D eigenvalue weighted by Crippen LogP contribution is 2.27. The number of aryl methyl sites for hydroxylation is 1. The Kier molecular flexibility index (Phi) is 1.78. The van der Waals surface area contributed by atoms with E-state index in [4.69, 9.17) is 4.74 Å². The molecular weight excluding hydrogens is 255 g/mol. The number of hydrogen-bond donors (Lipinski definition) is 0. The average molecular weight is 264 g/mol. The number of rotatable bonds is 1. The predicted molar refractivity (Wildman–Crippen MR) is 49.8 cm³/mol. The Labute approximate surface area is 78.9 Å². The summed E-state index contributed by atoms with van der Waals surface area (Å²) in [5.74, 6) is 0.961. The number of ether oxygens (including phenoxy) is 1. The molecule has 4 heteroatoms. The zero-order valence-corrected chi connectivity index (χ0v) is 8.46. The number of aromatic nitrogens is 2. The molecule has 2 rings (SSSR count). The fourth-order valence-electron chi connectivity index (χ4n) is 1.22. The van der Waals surface area contributed by atoms with Crippen molar-refractivity contribution in [2.45, 2.75) is 19.9 Å². The van der Waals surface area contributed by atoms with Crippen molar-refractivity contribution in [3.05, 3.63) is 9.26 Å². The van der Waals surface area contributed by atoms with Gasteiger partial charge in [0.1, 0.15) is 6.61 Å². The van der Waals surface area contributed by atoms with Gasteiger partial charge in [-0.05, 0) is 29.0 Å². The smallest absolute Gasteiger partial charge is 0.226 e. The first-order chi connectivity index (χ1) is 5.33. The molecule has 0 atom stereocenters. The Morgan fingerprint density at radius 2 is 2.55 bits per heavy atom. The second kappa shape index (κ2) is 2.66. The van der Waals surface area contributed by atoms with Gasteiger partial charge in [0, 0.05) is 0 Å². The van der Waals surface area contributed by atoms with Crippen molar-refractivity contribution in [3.63, 3.8) is 0 Å². The second-order valence-electron chi connectivity index (χ2n) is 2.49. The Balaban J connectivity index is 2.49. The van der Waals surface area contributed by atoms with E-state index >= 15 is 0 Å². The molecule has 1 aliphatic rings. The maximum Gasteiger partial charge on any atom is 0.226 e. The van der Waals surface area contributed by atoms with Crippen LogP contribution in [0.25, 0.3) is 0 Å². The van der Waals surface area contributed by atoms with Crippen LogP contribution in [0.15, 0.2) is 0 Å². The van der Waals surface area contributed by atoms with Crippen LogP contribution in [0.3, 0.4) is 0 Å². The molecule has 0 saturated heterocycles. The van der Waals surface area contributed by atoms with Crippen LogP contribution in [0.2, 0.25) is 0 Å². The van der Waals surface area contributed by atoms with Crippen molar-refractivity contribution >= 4 is 22.6 Å². The Morgan fingerprint density at radius 3 is 3.18 bits per heavy atom. The second-order valence-corrected chi connectivity index (χ2v) is 3.57. The summed E-state index contributed by atoms with van der Waals surface area (Å²) in [5, 5.41) is 4.39. The van der Waals surface area contributed by atoms with E-state index in [1.54, 1.807) is 0 Å². The van der Waals surface area contributed by atoms with Gasteiger partial charge in [-0.15, -0.1) is 0 Å². The SMILES string of the molecule is CCc1nn2c(c1I)OCC2. The van der Waals surface area contributed by atoms with Crippen molar-refractivity contribution in [2.75, 3.05) is 6.61 Å². The van der Waals surface area contributed by atoms with Crippen LogP contribution < -0.4 is 4.74 Å². The topological polar surface area (TPSA) is 27.1 Å². The summed E-state index contributed by atoms with van der Waals surface area (Å²) in [7, 11) is 0. The molecule has 2 heterocycles. The minimum Gasteiger partial charge on any atom is -0.475 e. The van der Waals surface area contributed by atoms with Gasteiger partial charge in [-0.1, -0.05) is 6.92 Å². The van der Waals surface area contributed by atoms with Gasteiger partial charge in [-0.25, -0.2) is 4.68 Å². The molecule has 1 aliphatic heterocycles. The molecule has 0 N–H and O–H groups in total. The minimum atomic E-state index is 0.780. The lowest BCUT2D eigenvalue weighted by molar-refractivity contribution is 0.354. The highest BCUT2D eigenvalue weighted by atomic mass is 127. The average Bonchev–Trinajstić information content (AvgIpc) is 2.53. The summed E-state index contributed by atoms with van der Waals surface area (Å²) in [4.78, 5) is 0. The quantitative estimate of drug-likeness (QED) is 0.718. The molecule has 0 saturated carbocycles. The van der Waals surface area contributed by atoms with Crippen LogP contribution in [0.1, 0.15) is 12.6 Å². The van der Waals surface area contributed by atoms with Gasteiger partial charge in [-0.2, -0.15) is 5.10 Å². The zero-order chi connectivity index (χ0) is 7.84. The van der Waals surface area contributed by atoms with Crippen LogP contribution in [0, 0.1) is 3.57 Å². The van der Waals surface area contributed by atoms with Crippen molar-refractivity contribution < 1.29 is 4.74 Å². The van der Waals surface area contributed by atoms with E-state index in [9.17, 15) is 0 Å². The van der Waals surface area contributed by atoms with Gasteiger partial charge < -0.3 is 4.74 Å². The van der Waals surface area contributed by atoms with Crippen LogP contribution in [-0.4, -0.2) is 16.4 Å². The van der Waals surface area contributed by atoms with Crippen LogP contribution >= 0.6 is 22.6 Å². The molecule has 3 nitrogen and oxygen atoms in total. The lowest BCUT2D eigenvalue weighted by Gasteiger charge is -1.92. The monoisotopic (exact) mass is 264 g/mol. The highest BCUT2D eigenvalue weighted by Gasteiger charge is 2.19. The molecular formula is C7H9IN2O. The first-order valence-corrected chi connectivity index (χ1v) is 4.78.